The van der Waals surface area contributed by atoms with E-state index < -0.39 is 0 Å². The highest BCUT2D eigenvalue weighted by Crippen LogP contribution is 2.34. The van der Waals surface area contributed by atoms with Gasteiger partial charge in [0.15, 0.2) is 0 Å². The number of aromatic nitrogens is 3. The quantitative estimate of drug-likeness (QED) is 0.915. The van der Waals surface area contributed by atoms with Gasteiger partial charge in [-0.3, -0.25) is 4.98 Å². The molecule has 1 aliphatic rings. The van der Waals surface area contributed by atoms with E-state index >= 15 is 0 Å². The average molecular weight is 286 g/mol. The highest BCUT2D eigenvalue weighted by Gasteiger charge is 2.32. The highest BCUT2D eigenvalue weighted by molar-refractivity contribution is 5.49. The van der Waals surface area contributed by atoms with Crippen molar-refractivity contribution in [1.29, 1.82) is 0 Å². The summed E-state index contributed by atoms with van der Waals surface area (Å²) in [6.07, 6.45) is 6.44. The van der Waals surface area contributed by atoms with Crippen molar-refractivity contribution in [2.24, 2.45) is 0 Å². The zero-order valence-electron chi connectivity index (χ0n) is 12.7. The van der Waals surface area contributed by atoms with Gasteiger partial charge < -0.3 is 9.84 Å². The van der Waals surface area contributed by atoms with Crippen LogP contribution in [0.15, 0.2) is 22.9 Å². The number of nitrogens with zero attached hydrogens (tertiary/aromatic N) is 3. The molecule has 0 aliphatic heterocycles. The Labute approximate surface area is 125 Å². The molecule has 1 aliphatic carbocycles. The van der Waals surface area contributed by atoms with E-state index in [9.17, 15) is 0 Å². The minimum Gasteiger partial charge on any atom is -0.339 e. The Morgan fingerprint density at radius 1 is 1.38 bits per heavy atom. The van der Waals surface area contributed by atoms with Crippen molar-refractivity contribution < 1.29 is 4.52 Å². The predicted molar refractivity (Wildman–Crippen MR) is 80.9 cm³/mol. The zero-order chi connectivity index (χ0) is 14.7. The lowest BCUT2D eigenvalue weighted by molar-refractivity contribution is 0.330. The molecular formula is C16H22N4O. The normalized spacial score (nSPS) is 21.8. The molecule has 1 fully saturated rings. The van der Waals surface area contributed by atoms with Crippen LogP contribution in [0, 0.1) is 6.92 Å². The van der Waals surface area contributed by atoms with Gasteiger partial charge >= 0.3 is 0 Å². The van der Waals surface area contributed by atoms with Crippen LogP contribution in [0.5, 0.6) is 0 Å². The molecule has 2 atom stereocenters. The summed E-state index contributed by atoms with van der Waals surface area (Å²) in [5.74, 6) is 1.68. The zero-order valence-corrected chi connectivity index (χ0v) is 12.7. The number of hydrogen-bond acceptors (Lipinski definition) is 5. The molecule has 0 radical (unpaired) electrons. The van der Waals surface area contributed by atoms with Crippen LogP contribution < -0.4 is 5.32 Å². The molecular weight excluding hydrogens is 264 g/mol. The Bertz CT molecular complexity index is 595. The molecule has 2 aromatic heterocycles. The first-order valence-electron chi connectivity index (χ1n) is 7.78. The van der Waals surface area contributed by atoms with Gasteiger partial charge in [-0.05, 0) is 50.4 Å². The topological polar surface area (TPSA) is 63.8 Å². The Hall–Kier alpha value is -1.75. The summed E-state index contributed by atoms with van der Waals surface area (Å²) >= 11 is 0. The maximum atomic E-state index is 5.51. The van der Waals surface area contributed by atoms with E-state index in [4.69, 9.17) is 4.52 Å². The van der Waals surface area contributed by atoms with Crippen LogP contribution in [0.2, 0.25) is 0 Å². The van der Waals surface area contributed by atoms with Gasteiger partial charge in [0, 0.05) is 12.2 Å². The molecule has 0 spiro atoms. The number of rotatable bonds is 5. The second-order valence-electron chi connectivity index (χ2n) is 5.77. The van der Waals surface area contributed by atoms with E-state index in [1.165, 1.54) is 12.8 Å². The Balaban J connectivity index is 1.78. The summed E-state index contributed by atoms with van der Waals surface area (Å²) in [4.78, 5) is 8.90. The predicted octanol–water partition coefficient (Wildman–Crippen LogP) is 3.08. The number of hydrogen-bond donors (Lipinski definition) is 1. The lowest BCUT2D eigenvalue weighted by atomic mass is 10.0. The number of aryl methyl sites for hydroxylation is 1. The molecule has 1 N–H and O–H groups in total. The van der Waals surface area contributed by atoms with Gasteiger partial charge in [0.05, 0.1) is 5.92 Å². The van der Waals surface area contributed by atoms with Crippen molar-refractivity contribution in [3.8, 4) is 11.5 Å². The Morgan fingerprint density at radius 2 is 2.29 bits per heavy atom. The van der Waals surface area contributed by atoms with E-state index in [-0.39, 0.29) is 0 Å². The summed E-state index contributed by atoms with van der Waals surface area (Å²) in [6, 6.07) is 4.41. The maximum Gasteiger partial charge on any atom is 0.231 e. The molecule has 112 valence electrons. The van der Waals surface area contributed by atoms with E-state index in [2.05, 4.69) is 27.4 Å². The van der Waals surface area contributed by atoms with Gasteiger partial charge in [0.25, 0.3) is 0 Å². The molecule has 2 heterocycles. The fraction of sp³-hybridized carbons (Fsp3) is 0.562. The Kier molecular flexibility index (Phi) is 4.29. The van der Waals surface area contributed by atoms with Crippen LogP contribution in [0.1, 0.15) is 50.0 Å². The van der Waals surface area contributed by atoms with Gasteiger partial charge in [-0.2, -0.15) is 4.98 Å². The molecule has 0 aromatic carbocycles. The molecule has 2 aromatic rings. The lowest BCUT2D eigenvalue weighted by Crippen LogP contribution is -2.31. The second-order valence-corrected chi connectivity index (χ2v) is 5.77. The van der Waals surface area contributed by atoms with Gasteiger partial charge in [-0.25, -0.2) is 0 Å². The maximum absolute atomic E-state index is 5.51. The second kappa shape index (κ2) is 6.35. The van der Waals surface area contributed by atoms with Crippen LogP contribution in [0.3, 0.4) is 0 Å². The molecule has 0 amide bonds. The van der Waals surface area contributed by atoms with Crippen LogP contribution >= 0.6 is 0 Å². The molecule has 2 unspecified atom stereocenters. The first-order valence-corrected chi connectivity index (χ1v) is 7.78. The van der Waals surface area contributed by atoms with Crippen LogP contribution in [0.4, 0.5) is 0 Å². The largest absolute Gasteiger partial charge is 0.339 e. The summed E-state index contributed by atoms with van der Waals surface area (Å²) in [5, 5.41) is 7.71. The van der Waals surface area contributed by atoms with Crippen LogP contribution in [-0.2, 0) is 0 Å². The first-order chi connectivity index (χ1) is 10.3. The third-order valence-corrected chi connectivity index (χ3v) is 4.08. The molecule has 3 rings (SSSR count). The average Bonchev–Trinajstić information content (AvgIpc) is 3.13. The SMILES string of the molecule is CCCNC1CCCC1c1nc(-c2cc(C)ccn2)no1. The van der Waals surface area contributed by atoms with E-state index in [0.29, 0.717) is 17.8 Å². The van der Waals surface area contributed by atoms with Crippen molar-refractivity contribution >= 4 is 0 Å². The molecule has 5 nitrogen and oxygen atoms in total. The summed E-state index contributed by atoms with van der Waals surface area (Å²) in [5.41, 5.74) is 1.93. The summed E-state index contributed by atoms with van der Waals surface area (Å²) < 4.78 is 5.51. The first kappa shape index (κ1) is 14.2. The number of nitrogens with one attached hydrogen (secondary N) is 1. The highest BCUT2D eigenvalue weighted by atomic mass is 16.5. The van der Waals surface area contributed by atoms with Gasteiger partial charge in [-0.1, -0.05) is 18.5 Å². The van der Waals surface area contributed by atoms with Crippen LogP contribution in [0.25, 0.3) is 11.5 Å². The third kappa shape index (κ3) is 3.13. The van der Waals surface area contributed by atoms with Crippen molar-refractivity contribution in [2.45, 2.75) is 51.5 Å². The molecule has 1 saturated carbocycles. The molecule has 0 bridgehead atoms. The van der Waals surface area contributed by atoms with Crippen molar-refractivity contribution in [3.63, 3.8) is 0 Å². The summed E-state index contributed by atoms with van der Waals surface area (Å²) in [7, 11) is 0. The fourth-order valence-corrected chi connectivity index (χ4v) is 2.98. The van der Waals surface area contributed by atoms with E-state index in [0.717, 1.165) is 36.5 Å². The van der Waals surface area contributed by atoms with E-state index in [1.807, 2.05) is 19.1 Å². The monoisotopic (exact) mass is 286 g/mol. The van der Waals surface area contributed by atoms with Crippen molar-refractivity contribution in [1.82, 2.24) is 20.4 Å². The van der Waals surface area contributed by atoms with Gasteiger partial charge in [0.1, 0.15) is 5.69 Å². The standard InChI is InChI=1S/C16H22N4O/c1-3-8-17-13-6-4-5-12(13)16-19-15(20-21-16)14-10-11(2)7-9-18-14/h7,9-10,12-13,17H,3-6,8H2,1-2H3. The molecule has 21 heavy (non-hydrogen) atoms. The smallest absolute Gasteiger partial charge is 0.231 e. The van der Waals surface area contributed by atoms with Gasteiger partial charge in [0.2, 0.25) is 11.7 Å². The minimum atomic E-state index is 0.336. The van der Waals surface area contributed by atoms with Crippen molar-refractivity contribution in [2.75, 3.05) is 6.54 Å². The molecule has 0 saturated heterocycles. The van der Waals surface area contributed by atoms with E-state index in [1.54, 1.807) is 6.20 Å². The third-order valence-electron chi connectivity index (χ3n) is 4.08. The van der Waals surface area contributed by atoms with Gasteiger partial charge in [-0.15, -0.1) is 0 Å². The summed E-state index contributed by atoms with van der Waals surface area (Å²) in [6.45, 7) is 5.26. The number of pyridine rings is 1. The minimum absolute atomic E-state index is 0.336. The molecule has 5 heteroatoms. The fourth-order valence-electron chi connectivity index (χ4n) is 2.98. The lowest BCUT2D eigenvalue weighted by Gasteiger charge is -2.17. The Morgan fingerprint density at radius 3 is 3.10 bits per heavy atom. The van der Waals surface area contributed by atoms with Crippen molar-refractivity contribution in [3.05, 3.63) is 29.8 Å². The van der Waals surface area contributed by atoms with Crippen LogP contribution in [-0.4, -0.2) is 27.7 Å².